The maximum Gasteiger partial charge on any atom is 0.272 e. The molecule has 0 spiro atoms. The summed E-state index contributed by atoms with van der Waals surface area (Å²) < 4.78 is 10.6. The molecule has 7 heteroatoms. The number of methoxy groups -OCH3 is 2. The van der Waals surface area contributed by atoms with Gasteiger partial charge in [0.15, 0.2) is 0 Å². The van der Waals surface area contributed by atoms with Crippen molar-refractivity contribution in [3.63, 3.8) is 0 Å². The molecule has 26 heavy (non-hydrogen) atoms. The fraction of sp³-hybridized carbons (Fsp3) is 0.421. The quantitative estimate of drug-likeness (QED) is 0.779. The second-order valence-electron chi connectivity index (χ2n) is 5.96. The summed E-state index contributed by atoms with van der Waals surface area (Å²) in [6, 6.07) is 7.09. The molecule has 0 aliphatic heterocycles. The van der Waals surface area contributed by atoms with Crippen LogP contribution in [0.3, 0.4) is 0 Å². The topological polar surface area (TPSA) is 76.6 Å². The summed E-state index contributed by atoms with van der Waals surface area (Å²) in [4.78, 5) is 22.9. The van der Waals surface area contributed by atoms with Gasteiger partial charge in [0, 0.05) is 25.7 Å². The first-order chi connectivity index (χ1) is 12.5. The third kappa shape index (κ3) is 4.84. The Labute approximate surface area is 154 Å². The molecule has 1 heterocycles. The van der Waals surface area contributed by atoms with Crippen LogP contribution in [0.4, 0.5) is 11.5 Å². The number of hydrogen-bond donors (Lipinski definition) is 1. The van der Waals surface area contributed by atoms with Crippen LogP contribution in [0.15, 0.2) is 24.3 Å². The van der Waals surface area contributed by atoms with Gasteiger partial charge in [-0.25, -0.2) is 9.97 Å². The Bertz CT molecular complexity index is 764. The molecule has 2 aromatic rings. The number of rotatable bonds is 8. The molecule has 0 bridgehead atoms. The monoisotopic (exact) mass is 358 g/mol. The first-order valence-electron chi connectivity index (χ1n) is 8.58. The first-order valence-corrected chi connectivity index (χ1v) is 8.58. The van der Waals surface area contributed by atoms with Crippen molar-refractivity contribution in [2.75, 3.05) is 33.1 Å². The zero-order valence-electron chi connectivity index (χ0n) is 16.0. The molecule has 2 rings (SSSR count). The average molecular weight is 358 g/mol. The molecular formula is C19H26N4O3. The zero-order chi connectivity index (χ0) is 19.1. The van der Waals surface area contributed by atoms with Crippen LogP contribution in [0, 0.1) is 6.92 Å². The molecule has 0 saturated heterocycles. The molecule has 7 nitrogen and oxygen atoms in total. The Morgan fingerprint density at radius 1 is 1.19 bits per heavy atom. The van der Waals surface area contributed by atoms with E-state index in [4.69, 9.17) is 9.47 Å². The van der Waals surface area contributed by atoms with Crippen molar-refractivity contribution >= 4 is 17.4 Å². The van der Waals surface area contributed by atoms with Crippen molar-refractivity contribution in [3.8, 4) is 11.5 Å². The van der Waals surface area contributed by atoms with Crippen LogP contribution in [0.1, 0.15) is 36.1 Å². The SMILES string of the molecule is CCCCN(C)C(=O)c1cc(Nc2ccc(OC)cc2OC)nc(C)n1. The minimum absolute atomic E-state index is 0.117. The van der Waals surface area contributed by atoms with Crippen molar-refractivity contribution < 1.29 is 14.3 Å². The standard InChI is InChI=1S/C19H26N4O3/c1-6-7-10-23(3)19(24)16-12-18(21-13(2)20-16)22-15-9-8-14(25-4)11-17(15)26-5/h8-9,11-12H,6-7,10H2,1-5H3,(H,20,21,22). The van der Waals surface area contributed by atoms with E-state index < -0.39 is 0 Å². The fourth-order valence-corrected chi connectivity index (χ4v) is 2.47. The highest BCUT2D eigenvalue weighted by molar-refractivity contribution is 5.93. The highest BCUT2D eigenvalue weighted by Gasteiger charge is 2.15. The Kier molecular flexibility index (Phi) is 6.77. The molecule has 0 atom stereocenters. The Morgan fingerprint density at radius 2 is 1.96 bits per heavy atom. The predicted molar refractivity (Wildman–Crippen MR) is 101 cm³/mol. The number of nitrogens with one attached hydrogen (secondary N) is 1. The van der Waals surface area contributed by atoms with Crippen LogP contribution >= 0.6 is 0 Å². The van der Waals surface area contributed by atoms with Crippen LogP contribution in [0.25, 0.3) is 0 Å². The van der Waals surface area contributed by atoms with Crippen molar-refractivity contribution in [1.29, 1.82) is 0 Å². The Morgan fingerprint density at radius 3 is 2.62 bits per heavy atom. The Balaban J connectivity index is 2.26. The van der Waals surface area contributed by atoms with E-state index in [1.807, 2.05) is 12.1 Å². The molecule has 0 radical (unpaired) electrons. The molecule has 0 aliphatic carbocycles. The lowest BCUT2D eigenvalue weighted by Crippen LogP contribution is -2.28. The molecule has 0 saturated carbocycles. The summed E-state index contributed by atoms with van der Waals surface area (Å²) in [5, 5.41) is 3.19. The average Bonchev–Trinajstić information content (AvgIpc) is 2.65. The lowest BCUT2D eigenvalue weighted by atomic mass is 10.2. The van der Waals surface area contributed by atoms with Crippen molar-refractivity contribution in [3.05, 3.63) is 35.8 Å². The molecule has 0 aliphatic rings. The minimum Gasteiger partial charge on any atom is -0.497 e. The van der Waals surface area contributed by atoms with Crippen LogP contribution in [-0.2, 0) is 0 Å². The van der Waals surface area contributed by atoms with Gasteiger partial charge in [-0.15, -0.1) is 0 Å². The van der Waals surface area contributed by atoms with Gasteiger partial charge in [0.25, 0.3) is 5.91 Å². The van der Waals surface area contributed by atoms with Crippen molar-refractivity contribution in [2.24, 2.45) is 0 Å². The van der Waals surface area contributed by atoms with Gasteiger partial charge in [-0.2, -0.15) is 0 Å². The van der Waals surface area contributed by atoms with Gasteiger partial charge >= 0.3 is 0 Å². The van der Waals surface area contributed by atoms with E-state index in [0.29, 0.717) is 35.4 Å². The van der Waals surface area contributed by atoms with Crippen LogP contribution < -0.4 is 14.8 Å². The van der Waals surface area contributed by atoms with Gasteiger partial charge in [-0.1, -0.05) is 13.3 Å². The van der Waals surface area contributed by atoms with Crippen molar-refractivity contribution in [2.45, 2.75) is 26.7 Å². The normalized spacial score (nSPS) is 10.3. The molecule has 1 aromatic heterocycles. The number of ether oxygens (including phenoxy) is 2. The summed E-state index contributed by atoms with van der Waals surface area (Å²) in [7, 11) is 4.97. The van der Waals surface area contributed by atoms with E-state index >= 15 is 0 Å². The molecule has 140 valence electrons. The van der Waals surface area contributed by atoms with Crippen molar-refractivity contribution in [1.82, 2.24) is 14.9 Å². The summed E-state index contributed by atoms with van der Waals surface area (Å²) in [5.74, 6) is 2.25. The number of nitrogens with zero attached hydrogens (tertiary/aromatic N) is 3. The highest BCUT2D eigenvalue weighted by atomic mass is 16.5. The second-order valence-corrected chi connectivity index (χ2v) is 5.96. The number of benzene rings is 1. The number of amides is 1. The van der Waals surface area contributed by atoms with E-state index in [-0.39, 0.29) is 5.91 Å². The van der Waals surface area contributed by atoms with Gasteiger partial charge in [0.1, 0.15) is 28.8 Å². The maximum absolute atomic E-state index is 12.6. The van der Waals surface area contributed by atoms with Gasteiger partial charge < -0.3 is 19.7 Å². The van der Waals surface area contributed by atoms with Gasteiger partial charge in [0.2, 0.25) is 0 Å². The van der Waals surface area contributed by atoms with E-state index in [9.17, 15) is 4.79 Å². The smallest absolute Gasteiger partial charge is 0.272 e. The molecule has 1 amide bonds. The Hall–Kier alpha value is -2.83. The molecule has 1 aromatic carbocycles. The summed E-state index contributed by atoms with van der Waals surface area (Å²) in [6.07, 6.45) is 1.99. The van der Waals surface area contributed by atoms with Crippen LogP contribution in [-0.4, -0.2) is 48.6 Å². The first kappa shape index (κ1) is 19.5. The lowest BCUT2D eigenvalue weighted by molar-refractivity contribution is 0.0787. The third-order valence-corrected chi connectivity index (χ3v) is 3.92. The summed E-state index contributed by atoms with van der Waals surface area (Å²) in [5.41, 5.74) is 1.09. The number of hydrogen-bond acceptors (Lipinski definition) is 6. The van der Waals surface area contributed by atoms with Gasteiger partial charge in [-0.05, 0) is 25.5 Å². The zero-order valence-corrected chi connectivity index (χ0v) is 16.0. The number of carbonyl (C=O) groups excluding carboxylic acids is 1. The lowest BCUT2D eigenvalue weighted by Gasteiger charge is -2.17. The number of unbranched alkanes of at least 4 members (excludes halogenated alkanes) is 1. The summed E-state index contributed by atoms with van der Waals surface area (Å²) >= 11 is 0. The number of carbonyl (C=O) groups is 1. The molecule has 0 fully saturated rings. The third-order valence-electron chi connectivity index (χ3n) is 3.92. The number of anilines is 2. The second kappa shape index (κ2) is 9.03. The summed E-state index contributed by atoms with van der Waals surface area (Å²) in [6.45, 7) is 4.56. The number of aromatic nitrogens is 2. The van der Waals surface area contributed by atoms with E-state index in [2.05, 4.69) is 22.2 Å². The molecule has 0 unspecified atom stereocenters. The van der Waals surface area contributed by atoms with E-state index in [1.165, 1.54) is 0 Å². The predicted octanol–water partition coefficient (Wildman–Crippen LogP) is 3.42. The highest BCUT2D eigenvalue weighted by Crippen LogP contribution is 2.31. The van der Waals surface area contributed by atoms with Crippen LogP contribution in [0.5, 0.6) is 11.5 Å². The van der Waals surface area contributed by atoms with E-state index in [1.54, 1.807) is 45.2 Å². The fourth-order valence-electron chi connectivity index (χ4n) is 2.47. The minimum atomic E-state index is -0.117. The van der Waals surface area contributed by atoms with Gasteiger partial charge in [-0.3, -0.25) is 4.79 Å². The van der Waals surface area contributed by atoms with Crippen LogP contribution in [0.2, 0.25) is 0 Å². The van der Waals surface area contributed by atoms with E-state index in [0.717, 1.165) is 18.5 Å². The maximum atomic E-state index is 12.6. The molecular weight excluding hydrogens is 332 g/mol. The largest absolute Gasteiger partial charge is 0.497 e. The van der Waals surface area contributed by atoms with Gasteiger partial charge in [0.05, 0.1) is 19.9 Å². The molecule has 1 N–H and O–H groups in total. The number of aryl methyl sites for hydroxylation is 1.